The highest BCUT2D eigenvalue weighted by Crippen LogP contribution is 2.34. The molecule has 0 amide bonds. The second-order valence-electron chi connectivity index (χ2n) is 5.60. The highest BCUT2D eigenvalue weighted by atomic mass is 19.4. The average Bonchev–Trinajstić information content (AvgIpc) is 3.24. The van der Waals surface area contributed by atoms with E-state index in [0.29, 0.717) is 5.69 Å². The number of nitrogens with one attached hydrogen (secondary N) is 3. The summed E-state index contributed by atoms with van der Waals surface area (Å²) >= 11 is 0. The molecule has 0 spiro atoms. The minimum Gasteiger partial charge on any atom is -0.372 e. The van der Waals surface area contributed by atoms with Crippen LogP contribution in [0.2, 0.25) is 0 Å². The molecule has 26 heavy (non-hydrogen) atoms. The summed E-state index contributed by atoms with van der Waals surface area (Å²) in [5.41, 5.74) is 1.33. The molecule has 0 aliphatic heterocycles. The third-order valence-electron chi connectivity index (χ3n) is 3.96. The zero-order chi connectivity index (χ0) is 18.9. The van der Waals surface area contributed by atoms with Crippen molar-refractivity contribution in [2.24, 2.45) is 0 Å². The van der Waals surface area contributed by atoms with E-state index in [-0.39, 0.29) is 17.8 Å². The van der Waals surface area contributed by atoms with Gasteiger partial charge in [0.2, 0.25) is 5.95 Å². The SMILES string of the molecule is CNc1nc(Nc2cnn(C(C)c3ccn[nH]3)c2C)ncc1C(F)(F)F. The lowest BCUT2D eigenvalue weighted by Gasteiger charge is -2.14. The first kappa shape index (κ1) is 17.7. The maximum atomic E-state index is 12.9. The maximum Gasteiger partial charge on any atom is 0.421 e. The molecule has 0 aliphatic rings. The van der Waals surface area contributed by atoms with Crippen LogP contribution in [0.25, 0.3) is 0 Å². The van der Waals surface area contributed by atoms with Crippen LogP contribution in [-0.4, -0.2) is 37.0 Å². The summed E-state index contributed by atoms with van der Waals surface area (Å²) in [5.74, 6) is -0.259. The van der Waals surface area contributed by atoms with E-state index in [1.807, 2.05) is 19.9 Å². The molecule has 3 aromatic heterocycles. The Bertz CT molecular complexity index is 885. The zero-order valence-electron chi connectivity index (χ0n) is 14.3. The summed E-state index contributed by atoms with van der Waals surface area (Å²) in [6.07, 6.45) is -0.563. The minimum atomic E-state index is -4.53. The molecule has 0 aliphatic carbocycles. The molecule has 3 aromatic rings. The molecule has 11 heteroatoms. The van der Waals surface area contributed by atoms with Gasteiger partial charge in [0.05, 0.1) is 29.3 Å². The molecule has 0 saturated carbocycles. The molecule has 3 N–H and O–H groups in total. The molecule has 0 bridgehead atoms. The molecule has 0 radical (unpaired) electrons. The quantitative estimate of drug-likeness (QED) is 0.642. The first-order chi connectivity index (χ1) is 12.3. The summed E-state index contributed by atoms with van der Waals surface area (Å²) in [6.45, 7) is 3.79. The van der Waals surface area contributed by atoms with E-state index >= 15 is 0 Å². The predicted molar refractivity (Wildman–Crippen MR) is 89.2 cm³/mol. The maximum absolute atomic E-state index is 12.9. The number of H-pyrrole nitrogens is 1. The largest absolute Gasteiger partial charge is 0.421 e. The molecule has 0 fully saturated rings. The standard InChI is InChI=1S/C15H17F3N8/c1-8(11-4-5-21-25-11)26-9(2)12(7-22-26)23-14-20-6-10(15(16,17)18)13(19-3)24-14/h4-8H,1-3H3,(H,21,25)(H2,19,20,23,24). The Morgan fingerprint density at radius 1 is 1.27 bits per heavy atom. The lowest BCUT2D eigenvalue weighted by Crippen LogP contribution is -2.13. The molecule has 0 aromatic carbocycles. The van der Waals surface area contributed by atoms with Crippen molar-refractivity contribution in [2.45, 2.75) is 26.1 Å². The summed E-state index contributed by atoms with van der Waals surface area (Å²) < 4.78 is 40.5. The molecule has 3 rings (SSSR count). The normalized spacial score (nSPS) is 12.8. The fourth-order valence-corrected chi connectivity index (χ4v) is 2.53. The van der Waals surface area contributed by atoms with Gasteiger partial charge < -0.3 is 10.6 Å². The molecular formula is C15H17F3N8. The highest BCUT2D eigenvalue weighted by Gasteiger charge is 2.35. The van der Waals surface area contributed by atoms with E-state index in [9.17, 15) is 13.2 Å². The predicted octanol–water partition coefficient (Wildman–Crippen LogP) is 3.12. The Morgan fingerprint density at radius 2 is 2.04 bits per heavy atom. The number of halogens is 3. The van der Waals surface area contributed by atoms with Crippen molar-refractivity contribution < 1.29 is 13.2 Å². The zero-order valence-corrected chi connectivity index (χ0v) is 14.3. The van der Waals surface area contributed by atoms with Crippen molar-refractivity contribution in [2.75, 3.05) is 17.7 Å². The number of anilines is 3. The molecule has 1 unspecified atom stereocenters. The van der Waals surface area contributed by atoms with Gasteiger partial charge in [-0.25, -0.2) is 4.98 Å². The van der Waals surface area contributed by atoms with E-state index in [4.69, 9.17) is 0 Å². The van der Waals surface area contributed by atoms with Crippen LogP contribution in [0, 0.1) is 6.92 Å². The van der Waals surface area contributed by atoms with E-state index in [0.717, 1.165) is 17.6 Å². The number of hydrogen-bond acceptors (Lipinski definition) is 6. The monoisotopic (exact) mass is 366 g/mol. The van der Waals surface area contributed by atoms with Gasteiger partial charge in [0, 0.05) is 19.4 Å². The van der Waals surface area contributed by atoms with E-state index in [1.165, 1.54) is 7.05 Å². The lowest BCUT2D eigenvalue weighted by molar-refractivity contribution is -0.137. The smallest absolute Gasteiger partial charge is 0.372 e. The molecule has 8 nitrogen and oxygen atoms in total. The van der Waals surface area contributed by atoms with Crippen LogP contribution in [0.3, 0.4) is 0 Å². The Hall–Kier alpha value is -3.11. The average molecular weight is 366 g/mol. The lowest BCUT2D eigenvalue weighted by atomic mass is 10.2. The summed E-state index contributed by atoms with van der Waals surface area (Å²) in [5, 5.41) is 16.5. The van der Waals surface area contributed by atoms with E-state index < -0.39 is 11.7 Å². The van der Waals surface area contributed by atoms with Crippen molar-refractivity contribution >= 4 is 17.5 Å². The van der Waals surface area contributed by atoms with Crippen molar-refractivity contribution in [3.63, 3.8) is 0 Å². The number of aromatic amines is 1. The van der Waals surface area contributed by atoms with Crippen LogP contribution in [0.5, 0.6) is 0 Å². The van der Waals surface area contributed by atoms with Crippen LogP contribution < -0.4 is 10.6 Å². The first-order valence-corrected chi connectivity index (χ1v) is 7.73. The van der Waals surface area contributed by atoms with Gasteiger partial charge in [-0.1, -0.05) is 0 Å². The van der Waals surface area contributed by atoms with Gasteiger partial charge in [-0.15, -0.1) is 0 Å². The van der Waals surface area contributed by atoms with Crippen molar-refractivity contribution in [3.05, 3.63) is 41.6 Å². The van der Waals surface area contributed by atoms with Crippen molar-refractivity contribution in [1.29, 1.82) is 0 Å². The Labute approximate surface area is 146 Å². The summed E-state index contributed by atoms with van der Waals surface area (Å²) in [4.78, 5) is 7.65. The second-order valence-corrected chi connectivity index (χ2v) is 5.60. The Morgan fingerprint density at radius 3 is 2.65 bits per heavy atom. The fraction of sp³-hybridized carbons (Fsp3) is 0.333. The van der Waals surface area contributed by atoms with Gasteiger partial charge in [0.1, 0.15) is 11.4 Å². The molecule has 3 heterocycles. The summed E-state index contributed by atoms with van der Waals surface area (Å²) in [6, 6.07) is 1.76. The number of hydrogen-bond donors (Lipinski definition) is 3. The molecule has 0 saturated heterocycles. The van der Waals surface area contributed by atoms with E-state index in [1.54, 1.807) is 17.1 Å². The van der Waals surface area contributed by atoms with Crippen LogP contribution >= 0.6 is 0 Å². The second kappa shape index (κ2) is 6.65. The fourth-order valence-electron chi connectivity index (χ4n) is 2.53. The topological polar surface area (TPSA) is 96.3 Å². The van der Waals surface area contributed by atoms with Gasteiger partial charge in [-0.3, -0.25) is 9.78 Å². The number of aromatic nitrogens is 6. The van der Waals surface area contributed by atoms with Gasteiger partial charge in [-0.05, 0) is 19.9 Å². The van der Waals surface area contributed by atoms with Crippen LogP contribution in [0.15, 0.2) is 24.7 Å². The molecule has 1 atom stereocenters. The van der Waals surface area contributed by atoms with Crippen LogP contribution in [-0.2, 0) is 6.18 Å². The van der Waals surface area contributed by atoms with Gasteiger partial charge in [0.15, 0.2) is 0 Å². The van der Waals surface area contributed by atoms with Crippen LogP contribution in [0.4, 0.5) is 30.6 Å². The third-order valence-corrected chi connectivity index (χ3v) is 3.96. The van der Waals surface area contributed by atoms with Gasteiger partial charge in [0.25, 0.3) is 0 Å². The Balaban J connectivity index is 1.86. The number of alkyl halides is 3. The van der Waals surface area contributed by atoms with Gasteiger partial charge >= 0.3 is 6.18 Å². The Kier molecular flexibility index (Phi) is 4.53. The van der Waals surface area contributed by atoms with E-state index in [2.05, 4.69) is 35.9 Å². The summed E-state index contributed by atoms with van der Waals surface area (Å²) in [7, 11) is 1.37. The van der Waals surface area contributed by atoms with Crippen molar-refractivity contribution in [1.82, 2.24) is 29.9 Å². The van der Waals surface area contributed by atoms with Gasteiger partial charge in [-0.2, -0.15) is 28.4 Å². The number of nitrogens with zero attached hydrogens (tertiary/aromatic N) is 5. The van der Waals surface area contributed by atoms with Crippen molar-refractivity contribution in [3.8, 4) is 0 Å². The number of rotatable bonds is 5. The molecule has 138 valence electrons. The highest BCUT2D eigenvalue weighted by molar-refractivity contribution is 5.58. The first-order valence-electron chi connectivity index (χ1n) is 7.73. The minimum absolute atomic E-state index is 0.0409. The molecular weight excluding hydrogens is 349 g/mol. The third kappa shape index (κ3) is 3.32. The van der Waals surface area contributed by atoms with Crippen LogP contribution in [0.1, 0.15) is 29.9 Å².